The summed E-state index contributed by atoms with van der Waals surface area (Å²) in [5, 5.41) is 7.81. The Hall–Kier alpha value is -1.29. The third-order valence-corrected chi connectivity index (χ3v) is 3.85. The number of anilines is 1. The molecule has 0 radical (unpaired) electrons. The van der Waals surface area contributed by atoms with E-state index in [2.05, 4.69) is 78.4 Å². The fourth-order valence-corrected chi connectivity index (χ4v) is 2.10. The minimum atomic E-state index is 0.0329. The van der Waals surface area contributed by atoms with E-state index in [0.717, 1.165) is 16.7 Å². The molecule has 0 fully saturated rings. The number of aromatic nitrogens is 2. The van der Waals surface area contributed by atoms with Crippen LogP contribution in [0.5, 0.6) is 0 Å². The maximum absolute atomic E-state index is 4.40. The fraction of sp³-hybridized carbons (Fsp3) is 0.400. The zero-order valence-corrected chi connectivity index (χ0v) is 13.5. The summed E-state index contributed by atoms with van der Waals surface area (Å²) in [6.07, 6.45) is 4.01. The van der Waals surface area contributed by atoms with Gasteiger partial charge < -0.3 is 5.32 Å². The number of rotatable bonds is 3. The Balaban J connectivity index is 2.02. The molecule has 0 atom stereocenters. The van der Waals surface area contributed by atoms with Crippen molar-refractivity contribution < 1.29 is 0 Å². The van der Waals surface area contributed by atoms with Crippen LogP contribution in [0.3, 0.4) is 0 Å². The van der Waals surface area contributed by atoms with E-state index in [9.17, 15) is 0 Å². The molecule has 4 heteroatoms. The first-order valence-corrected chi connectivity index (χ1v) is 7.19. The SMILES string of the molecule is Cc1ccc(NCc2cnn(C(C)(C)C)c2)cc1Br. The molecule has 1 aromatic carbocycles. The third kappa shape index (κ3) is 3.60. The van der Waals surface area contributed by atoms with Gasteiger partial charge in [0.2, 0.25) is 0 Å². The van der Waals surface area contributed by atoms with Crippen LogP contribution < -0.4 is 5.32 Å². The van der Waals surface area contributed by atoms with Crippen molar-refractivity contribution in [2.75, 3.05) is 5.32 Å². The van der Waals surface area contributed by atoms with E-state index in [0.29, 0.717) is 0 Å². The predicted octanol–water partition coefficient (Wildman–Crippen LogP) is 4.32. The minimum absolute atomic E-state index is 0.0329. The summed E-state index contributed by atoms with van der Waals surface area (Å²) in [6.45, 7) is 9.31. The lowest BCUT2D eigenvalue weighted by atomic mass is 10.1. The largest absolute Gasteiger partial charge is 0.381 e. The van der Waals surface area contributed by atoms with Gasteiger partial charge in [0.05, 0.1) is 11.7 Å². The lowest BCUT2D eigenvalue weighted by Crippen LogP contribution is -2.21. The van der Waals surface area contributed by atoms with Crippen molar-refractivity contribution >= 4 is 21.6 Å². The Bertz CT molecular complexity index is 567. The van der Waals surface area contributed by atoms with E-state index in [1.54, 1.807) is 0 Å². The second-order valence-corrected chi connectivity index (χ2v) is 6.64. The van der Waals surface area contributed by atoms with Crippen molar-refractivity contribution in [3.05, 3.63) is 46.2 Å². The first-order valence-electron chi connectivity index (χ1n) is 6.40. The Morgan fingerprint density at radius 2 is 2.05 bits per heavy atom. The highest BCUT2D eigenvalue weighted by atomic mass is 79.9. The average Bonchev–Trinajstić information content (AvgIpc) is 2.79. The Kier molecular flexibility index (Phi) is 3.99. The standard InChI is InChI=1S/C15H20BrN3/c1-11-5-6-13(7-14(11)16)17-8-12-9-18-19(10-12)15(2,3)4/h5-7,9-10,17H,8H2,1-4H3. The highest BCUT2D eigenvalue weighted by molar-refractivity contribution is 9.10. The van der Waals surface area contributed by atoms with Gasteiger partial charge in [0.1, 0.15) is 0 Å². The molecule has 3 nitrogen and oxygen atoms in total. The van der Waals surface area contributed by atoms with E-state index in [-0.39, 0.29) is 5.54 Å². The number of nitrogens with zero attached hydrogens (tertiary/aromatic N) is 2. The lowest BCUT2D eigenvalue weighted by Gasteiger charge is -2.18. The molecule has 2 aromatic rings. The van der Waals surface area contributed by atoms with Gasteiger partial charge in [-0.3, -0.25) is 4.68 Å². The number of nitrogens with one attached hydrogen (secondary N) is 1. The average molecular weight is 322 g/mol. The molecule has 19 heavy (non-hydrogen) atoms. The zero-order valence-electron chi connectivity index (χ0n) is 11.9. The fourth-order valence-electron chi connectivity index (χ4n) is 1.73. The van der Waals surface area contributed by atoms with E-state index >= 15 is 0 Å². The van der Waals surface area contributed by atoms with Crippen molar-refractivity contribution in [3.63, 3.8) is 0 Å². The van der Waals surface area contributed by atoms with E-state index in [1.807, 2.05) is 10.9 Å². The van der Waals surface area contributed by atoms with Gasteiger partial charge in [-0.15, -0.1) is 0 Å². The van der Waals surface area contributed by atoms with Gasteiger partial charge >= 0.3 is 0 Å². The molecule has 1 N–H and O–H groups in total. The molecule has 0 unspecified atom stereocenters. The molecule has 0 spiro atoms. The van der Waals surface area contributed by atoms with Gasteiger partial charge in [-0.05, 0) is 45.4 Å². The summed E-state index contributed by atoms with van der Waals surface area (Å²) in [7, 11) is 0. The van der Waals surface area contributed by atoms with Gasteiger partial charge in [0.15, 0.2) is 0 Å². The van der Waals surface area contributed by atoms with Gasteiger partial charge in [-0.2, -0.15) is 5.10 Å². The van der Waals surface area contributed by atoms with Gasteiger partial charge in [-0.25, -0.2) is 0 Å². The van der Waals surface area contributed by atoms with Crippen LogP contribution in [0, 0.1) is 6.92 Å². The maximum Gasteiger partial charge on any atom is 0.0543 e. The van der Waals surface area contributed by atoms with E-state index in [4.69, 9.17) is 0 Å². The summed E-state index contributed by atoms with van der Waals surface area (Å²) >= 11 is 3.55. The molecular weight excluding hydrogens is 302 g/mol. The second-order valence-electron chi connectivity index (χ2n) is 5.78. The van der Waals surface area contributed by atoms with Crippen LogP contribution in [0.2, 0.25) is 0 Å². The first kappa shape index (κ1) is 14.1. The number of halogens is 1. The quantitative estimate of drug-likeness (QED) is 0.912. The van der Waals surface area contributed by atoms with Crippen LogP contribution in [0.4, 0.5) is 5.69 Å². The molecule has 2 rings (SSSR count). The van der Waals surface area contributed by atoms with Crippen LogP contribution in [0.25, 0.3) is 0 Å². The molecule has 0 saturated carbocycles. The smallest absolute Gasteiger partial charge is 0.0543 e. The van der Waals surface area contributed by atoms with Gasteiger partial charge in [-0.1, -0.05) is 22.0 Å². The summed E-state index contributed by atoms with van der Waals surface area (Å²) in [5.41, 5.74) is 3.57. The normalized spacial score (nSPS) is 11.6. The van der Waals surface area contributed by atoms with E-state index < -0.39 is 0 Å². The molecule has 1 aromatic heterocycles. The molecule has 1 heterocycles. The summed E-state index contributed by atoms with van der Waals surface area (Å²) in [5.74, 6) is 0. The number of hydrogen-bond donors (Lipinski definition) is 1. The maximum atomic E-state index is 4.40. The highest BCUT2D eigenvalue weighted by Crippen LogP contribution is 2.21. The Labute approximate surface area is 123 Å². The molecule has 0 aliphatic rings. The van der Waals surface area contributed by atoms with Crippen molar-refractivity contribution in [2.24, 2.45) is 0 Å². The summed E-state index contributed by atoms with van der Waals surface area (Å²) in [4.78, 5) is 0. The van der Waals surface area contributed by atoms with Crippen LogP contribution >= 0.6 is 15.9 Å². The van der Waals surface area contributed by atoms with Crippen LogP contribution in [-0.4, -0.2) is 9.78 Å². The minimum Gasteiger partial charge on any atom is -0.381 e. The first-order chi connectivity index (χ1) is 8.86. The van der Waals surface area contributed by atoms with E-state index in [1.165, 1.54) is 11.1 Å². The van der Waals surface area contributed by atoms with Gasteiger partial charge in [0.25, 0.3) is 0 Å². The zero-order chi connectivity index (χ0) is 14.0. The third-order valence-electron chi connectivity index (χ3n) is 2.99. The summed E-state index contributed by atoms with van der Waals surface area (Å²) in [6, 6.07) is 6.29. The monoisotopic (exact) mass is 321 g/mol. The van der Waals surface area contributed by atoms with Crippen molar-refractivity contribution in [1.29, 1.82) is 0 Å². The van der Waals surface area contributed by atoms with Crippen molar-refractivity contribution in [1.82, 2.24) is 9.78 Å². The van der Waals surface area contributed by atoms with Crippen molar-refractivity contribution in [3.8, 4) is 0 Å². The molecule has 102 valence electrons. The highest BCUT2D eigenvalue weighted by Gasteiger charge is 2.13. The van der Waals surface area contributed by atoms with Crippen molar-refractivity contribution in [2.45, 2.75) is 39.8 Å². The topological polar surface area (TPSA) is 29.9 Å². The molecule has 0 aliphatic heterocycles. The second kappa shape index (κ2) is 5.37. The number of hydrogen-bond acceptors (Lipinski definition) is 2. The number of benzene rings is 1. The lowest BCUT2D eigenvalue weighted by molar-refractivity contribution is 0.355. The predicted molar refractivity (Wildman–Crippen MR) is 83.4 cm³/mol. The molecule has 0 saturated heterocycles. The molecule has 0 bridgehead atoms. The van der Waals surface area contributed by atoms with Crippen LogP contribution in [0.15, 0.2) is 35.1 Å². The number of aryl methyl sites for hydroxylation is 1. The Morgan fingerprint density at radius 3 is 2.63 bits per heavy atom. The molecular formula is C15H20BrN3. The molecule has 0 amide bonds. The van der Waals surface area contributed by atoms with Crippen LogP contribution in [-0.2, 0) is 12.1 Å². The Morgan fingerprint density at radius 1 is 1.32 bits per heavy atom. The van der Waals surface area contributed by atoms with Gasteiger partial charge in [0, 0.05) is 28.5 Å². The molecule has 0 aliphatic carbocycles. The summed E-state index contributed by atoms with van der Waals surface area (Å²) < 4.78 is 3.12. The van der Waals surface area contributed by atoms with Crippen LogP contribution in [0.1, 0.15) is 31.9 Å².